The highest BCUT2D eigenvalue weighted by Crippen LogP contribution is 2.37. The third-order valence-corrected chi connectivity index (χ3v) is 4.21. The summed E-state index contributed by atoms with van der Waals surface area (Å²) < 4.78 is 55.0. The molecule has 0 bridgehead atoms. The van der Waals surface area contributed by atoms with Gasteiger partial charge < -0.3 is 14.0 Å². The van der Waals surface area contributed by atoms with Gasteiger partial charge in [0.2, 0.25) is 5.88 Å². The quantitative estimate of drug-likeness (QED) is 0.367. The molecule has 0 radical (unpaired) electrons. The molecule has 4 rings (SSSR count). The molecule has 152 valence electrons. The van der Waals surface area contributed by atoms with Gasteiger partial charge in [-0.2, -0.15) is 13.2 Å². The van der Waals surface area contributed by atoms with E-state index in [0.717, 1.165) is 29.5 Å². The lowest BCUT2D eigenvalue weighted by molar-refractivity contribution is -0.137. The fourth-order valence-corrected chi connectivity index (χ4v) is 2.80. The molecule has 30 heavy (non-hydrogen) atoms. The smallest absolute Gasteiger partial charge is 0.416 e. The van der Waals surface area contributed by atoms with E-state index in [9.17, 15) is 13.2 Å². The Labute approximate surface area is 169 Å². The summed E-state index contributed by atoms with van der Waals surface area (Å²) >= 11 is 0. The van der Waals surface area contributed by atoms with Crippen molar-refractivity contribution in [1.29, 1.82) is 0 Å². The zero-order valence-electron chi connectivity index (χ0n) is 15.7. The summed E-state index contributed by atoms with van der Waals surface area (Å²) in [6.45, 7) is 1.82. The van der Waals surface area contributed by atoms with Gasteiger partial charge in [-0.25, -0.2) is 4.98 Å². The normalized spacial score (nSPS) is 11.3. The second-order valence-electron chi connectivity index (χ2n) is 6.35. The molecule has 0 aliphatic heterocycles. The van der Waals surface area contributed by atoms with Crippen LogP contribution in [-0.2, 0) is 6.18 Å². The maximum atomic E-state index is 12.8. The second kappa shape index (κ2) is 7.90. The molecule has 0 aliphatic rings. The minimum atomic E-state index is -4.47. The number of rotatable bonds is 5. The van der Waals surface area contributed by atoms with Gasteiger partial charge in [-0.3, -0.25) is 0 Å². The number of ether oxygens (including phenoxy) is 2. The highest BCUT2D eigenvalue weighted by atomic mass is 19.4. The van der Waals surface area contributed by atoms with Crippen LogP contribution in [0.25, 0.3) is 11.1 Å². The maximum absolute atomic E-state index is 12.8. The van der Waals surface area contributed by atoms with Crippen molar-refractivity contribution >= 4 is 0 Å². The number of aryl methyl sites for hydroxylation is 1. The molecule has 8 heteroatoms. The van der Waals surface area contributed by atoms with Gasteiger partial charge in [0.05, 0.1) is 16.8 Å². The first-order valence-electron chi connectivity index (χ1n) is 8.91. The van der Waals surface area contributed by atoms with Crippen LogP contribution in [0.1, 0.15) is 11.3 Å². The zero-order chi connectivity index (χ0) is 21.1. The standard InChI is InChI=1S/C22H15F3N2O3/c1-14-20(15-5-3-2-4-6-15)21(30-27-14)29-18-9-7-17(8-10-18)28-19-13-16(11-12-26-19)22(23,24)25/h2-13H,1H3. The minimum Gasteiger partial charge on any atom is -0.439 e. The first-order chi connectivity index (χ1) is 14.4. The molecule has 0 amide bonds. The maximum Gasteiger partial charge on any atom is 0.416 e. The summed E-state index contributed by atoms with van der Waals surface area (Å²) in [7, 11) is 0. The third kappa shape index (κ3) is 4.27. The molecule has 5 nitrogen and oxygen atoms in total. The van der Waals surface area contributed by atoms with Gasteiger partial charge in [-0.1, -0.05) is 35.5 Å². The average Bonchev–Trinajstić information content (AvgIpc) is 3.10. The molecular formula is C22H15F3N2O3. The number of pyridine rings is 1. The predicted octanol–water partition coefficient (Wildman–Crippen LogP) is 6.65. The molecule has 0 unspecified atom stereocenters. The van der Waals surface area contributed by atoms with Gasteiger partial charge in [0, 0.05) is 12.3 Å². The Morgan fingerprint density at radius 1 is 0.867 bits per heavy atom. The van der Waals surface area contributed by atoms with Crippen LogP contribution in [0, 0.1) is 6.92 Å². The summed E-state index contributed by atoms with van der Waals surface area (Å²) in [6.07, 6.45) is -3.42. The van der Waals surface area contributed by atoms with Gasteiger partial charge in [-0.05, 0) is 42.8 Å². The lowest BCUT2D eigenvalue weighted by Gasteiger charge is -2.09. The Bertz CT molecular complexity index is 1140. The van der Waals surface area contributed by atoms with Gasteiger partial charge in [0.25, 0.3) is 0 Å². The number of alkyl halides is 3. The van der Waals surface area contributed by atoms with Crippen molar-refractivity contribution in [2.24, 2.45) is 0 Å². The Hall–Kier alpha value is -3.81. The number of benzene rings is 2. The van der Waals surface area contributed by atoms with Crippen LogP contribution in [-0.4, -0.2) is 10.1 Å². The van der Waals surface area contributed by atoms with Crippen molar-refractivity contribution in [3.8, 4) is 34.5 Å². The van der Waals surface area contributed by atoms with Crippen molar-refractivity contribution in [2.45, 2.75) is 13.1 Å². The van der Waals surface area contributed by atoms with E-state index in [1.165, 1.54) is 0 Å². The molecule has 0 atom stereocenters. The van der Waals surface area contributed by atoms with Gasteiger partial charge in [-0.15, -0.1) is 0 Å². The highest BCUT2D eigenvalue weighted by Gasteiger charge is 2.31. The van der Waals surface area contributed by atoms with E-state index >= 15 is 0 Å². The number of nitrogens with zero attached hydrogens (tertiary/aromatic N) is 2. The molecule has 0 saturated carbocycles. The monoisotopic (exact) mass is 412 g/mol. The Morgan fingerprint density at radius 2 is 1.53 bits per heavy atom. The second-order valence-corrected chi connectivity index (χ2v) is 6.35. The van der Waals surface area contributed by atoms with Crippen LogP contribution in [0.15, 0.2) is 77.4 Å². The lowest BCUT2D eigenvalue weighted by atomic mass is 10.1. The molecule has 2 heterocycles. The molecule has 2 aromatic heterocycles. The van der Waals surface area contributed by atoms with E-state index in [4.69, 9.17) is 14.0 Å². The van der Waals surface area contributed by atoms with Crippen LogP contribution in [0.3, 0.4) is 0 Å². The molecule has 0 N–H and O–H groups in total. The van der Waals surface area contributed by atoms with E-state index in [2.05, 4.69) is 10.1 Å². The van der Waals surface area contributed by atoms with Crippen molar-refractivity contribution in [3.05, 3.63) is 84.2 Å². The van der Waals surface area contributed by atoms with E-state index < -0.39 is 11.7 Å². The van der Waals surface area contributed by atoms with Crippen LogP contribution in [0.2, 0.25) is 0 Å². The summed E-state index contributed by atoms with van der Waals surface area (Å²) in [6, 6.07) is 17.6. The molecule has 0 spiro atoms. The average molecular weight is 412 g/mol. The number of hydrogen-bond donors (Lipinski definition) is 0. The Morgan fingerprint density at radius 3 is 2.20 bits per heavy atom. The Balaban J connectivity index is 1.51. The van der Waals surface area contributed by atoms with Crippen molar-refractivity contribution < 1.29 is 27.2 Å². The number of hydrogen-bond acceptors (Lipinski definition) is 5. The van der Waals surface area contributed by atoms with Crippen molar-refractivity contribution in [1.82, 2.24) is 10.1 Å². The summed E-state index contributed by atoms with van der Waals surface area (Å²) in [5.41, 5.74) is 1.50. The number of halogens is 3. The van der Waals surface area contributed by atoms with Crippen molar-refractivity contribution in [2.75, 3.05) is 0 Å². The van der Waals surface area contributed by atoms with E-state index in [0.29, 0.717) is 17.2 Å². The fraction of sp³-hybridized carbons (Fsp3) is 0.0909. The van der Waals surface area contributed by atoms with Gasteiger partial charge in [0.1, 0.15) is 11.5 Å². The summed E-state index contributed by atoms with van der Waals surface area (Å²) in [5, 5.41) is 3.97. The van der Waals surface area contributed by atoms with E-state index in [1.54, 1.807) is 24.3 Å². The SMILES string of the molecule is Cc1noc(Oc2ccc(Oc3cc(C(F)(F)F)ccn3)cc2)c1-c1ccccc1. The summed E-state index contributed by atoms with van der Waals surface area (Å²) in [4.78, 5) is 3.81. The van der Waals surface area contributed by atoms with Crippen LogP contribution >= 0.6 is 0 Å². The molecular weight excluding hydrogens is 397 g/mol. The van der Waals surface area contributed by atoms with Crippen LogP contribution < -0.4 is 9.47 Å². The molecule has 2 aromatic carbocycles. The van der Waals surface area contributed by atoms with Crippen LogP contribution in [0.5, 0.6) is 23.3 Å². The molecule has 0 aliphatic carbocycles. The molecule has 0 fully saturated rings. The van der Waals surface area contributed by atoms with Crippen LogP contribution in [0.4, 0.5) is 13.2 Å². The fourth-order valence-electron chi connectivity index (χ4n) is 2.80. The van der Waals surface area contributed by atoms with Crippen molar-refractivity contribution in [3.63, 3.8) is 0 Å². The van der Waals surface area contributed by atoms with Gasteiger partial charge >= 0.3 is 12.1 Å². The Kier molecular flexibility index (Phi) is 5.14. The van der Waals surface area contributed by atoms with E-state index in [-0.39, 0.29) is 11.8 Å². The largest absolute Gasteiger partial charge is 0.439 e. The third-order valence-electron chi connectivity index (χ3n) is 4.21. The first-order valence-corrected chi connectivity index (χ1v) is 8.91. The highest BCUT2D eigenvalue weighted by molar-refractivity contribution is 5.70. The minimum absolute atomic E-state index is 0.157. The lowest BCUT2D eigenvalue weighted by Crippen LogP contribution is -2.05. The molecule has 4 aromatic rings. The zero-order valence-corrected chi connectivity index (χ0v) is 15.7. The predicted molar refractivity (Wildman–Crippen MR) is 103 cm³/mol. The molecule has 0 saturated heterocycles. The number of aromatic nitrogens is 2. The topological polar surface area (TPSA) is 57.4 Å². The van der Waals surface area contributed by atoms with E-state index in [1.807, 2.05) is 37.3 Å². The first kappa shape index (κ1) is 19.5. The van der Waals surface area contributed by atoms with Gasteiger partial charge in [0.15, 0.2) is 0 Å². The summed E-state index contributed by atoms with van der Waals surface area (Å²) in [5.74, 6) is 0.849.